The molecule has 0 amide bonds. The first-order chi connectivity index (χ1) is 8.72. The third kappa shape index (κ3) is 2.09. The second-order valence-electron chi connectivity index (χ2n) is 3.99. The Labute approximate surface area is 112 Å². The monoisotopic (exact) mass is 303 g/mol. The number of hydrogen-bond acceptors (Lipinski definition) is 3. The molecule has 0 atom stereocenters. The highest BCUT2D eigenvalue weighted by molar-refractivity contribution is 9.10. The number of rotatable bonds is 2. The van der Waals surface area contributed by atoms with Gasteiger partial charge in [-0.25, -0.2) is 9.50 Å². The van der Waals surface area contributed by atoms with Gasteiger partial charge in [0.1, 0.15) is 10.4 Å². The Kier molecular flexibility index (Phi) is 2.76. The second-order valence-corrected chi connectivity index (χ2v) is 4.80. The lowest BCUT2D eigenvalue weighted by Gasteiger charge is -1.97. The highest BCUT2D eigenvalue weighted by atomic mass is 79.9. The van der Waals surface area contributed by atoms with Crippen LogP contribution in [0.3, 0.4) is 0 Å². The molecule has 1 N–H and O–H groups in total. The lowest BCUT2D eigenvalue weighted by Crippen LogP contribution is -1.92. The maximum atomic E-state index is 9.23. The third-order valence-corrected chi connectivity index (χ3v) is 3.26. The predicted molar refractivity (Wildman–Crippen MR) is 71.6 cm³/mol. The molecule has 0 saturated carbocycles. The molecule has 4 nitrogen and oxygen atoms in total. The Morgan fingerprint density at radius 3 is 2.61 bits per heavy atom. The summed E-state index contributed by atoms with van der Waals surface area (Å²) in [5, 5.41) is 13.7. The lowest BCUT2D eigenvalue weighted by atomic mass is 10.1. The molecule has 0 spiro atoms. The molecule has 0 aliphatic heterocycles. The normalized spacial score (nSPS) is 10.9. The first kappa shape index (κ1) is 11.2. The maximum Gasteiger partial charge on any atom is 0.156 e. The molecule has 90 valence electrons. The summed E-state index contributed by atoms with van der Waals surface area (Å²) in [5.74, 6) is 1.03. The standard InChI is InChI=1S/C13H10BrN3O/c14-11-2-1-3-13-15-12(16-17(11)13)8-9-4-6-10(18)7-5-9/h1-7,18H,8H2. The number of benzene rings is 1. The van der Waals surface area contributed by atoms with Crippen molar-refractivity contribution >= 4 is 21.6 Å². The minimum atomic E-state index is 0.268. The Morgan fingerprint density at radius 1 is 1.11 bits per heavy atom. The smallest absolute Gasteiger partial charge is 0.156 e. The molecule has 0 saturated heterocycles. The van der Waals surface area contributed by atoms with Gasteiger partial charge in [-0.1, -0.05) is 18.2 Å². The summed E-state index contributed by atoms with van der Waals surface area (Å²) >= 11 is 3.43. The van der Waals surface area contributed by atoms with Crippen molar-refractivity contribution in [1.82, 2.24) is 14.6 Å². The Morgan fingerprint density at radius 2 is 1.89 bits per heavy atom. The van der Waals surface area contributed by atoms with E-state index in [1.807, 2.05) is 30.3 Å². The van der Waals surface area contributed by atoms with Gasteiger partial charge < -0.3 is 5.11 Å². The molecule has 2 heterocycles. The van der Waals surface area contributed by atoms with Crippen LogP contribution in [-0.4, -0.2) is 19.7 Å². The molecule has 0 fully saturated rings. The lowest BCUT2D eigenvalue weighted by molar-refractivity contribution is 0.475. The summed E-state index contributed by atoms with van der Waals surface area (Å²) in [7, 11) is 0. The molecule has 0 aliphatic carbocycles. The van der Waals surface area contributed by atoms with E-state index in [0.29, 0.717) is 6.42 Å². The van der Waals surface area contributed by atoms with Crippen molar-refractivity contribution in [2.24, 2.45) is 0 Å². The first-order valence-corrected chi connectivity index (χ1v) is 6.30. The molecular weight excluding hydrogens is 294 g/mol. The average molecular weight is 304 g/mol. The van der Waals surface area contributed by atoms with E-state index in [1.165, 1.54) is 0 Å². The van der Waals surface area contributed by atoms with Gasteiger partial charge in [0.2, 0.25) is 0 Å². The van der Waals surface area contributed by atoms with Crippen molar-refractivity contribution in [2.45, 2.75) is 6.42 Å². The Hall–Kier alpha value is -1.88. The summed E-state index contributed by atoms with van der Waals surface area (Å²) < 4.78 is 2.64. The zero-order chi connectivity index (χ0) is 12.5. The van der Waals surface area contributed by atoms with Crippen LogP contribution in [0.15, 0.2) is 47.1 Å². The number of phenols is 1. The van der Waals surface area contributed by atoms with E-state index in [4.69, 9.17) is 0 Å². The van der Waals surface area contributed by atoms with E-state index in [-0.39, 0.29) is 5.75 Å². The number of nitrogens with zero attached hydrogens (tertiary/aromatic N) is 3. The summed E-state index contributed by atoms with van der Waals surface area (Å²) in [6.45, 7) is 0. The molecular formula is C13H10BrN3O. The van der Waals surface area contributed by atoms with E-state index in [0.717, 1.165) is 21.6 Å². The van der Waals surface area contributed by atoms with E-state index in [2.05, 4.69) is 26.0 Å². The van der Waals surface area contributed by atoms with Crippen LogP contribution in [0.5, 0.6) is 5.75 Å². The van der Waals surface area contributed by atoms with Gasteiger partial charge in [0.05, 0.1) is 0 Å². The third-order valence-electron chi connectivity index (χ3n) is 2.66. The number of fused-ring (bicyclic) bond motifs is 1. The first-order valence-electron chi connectivity index (χ1n) is 5.50. The molecule has 3 rings (SSSR count). The number of halogens is 1. The quantitative estimate of drug-likeness (QED) is 0.741. The molecule has 3 aromatic rings. The van der Waals surface area contributed by atoms with Crippen LogP contribution in [0.4, 0.5) is 0 Å². The van der Waals surface area contributed by atoms with E-state index in [1.54, 1.807) is 16.6 Å². The van der Waals surface area contributed by atoms with Gasteiger partial charge in [-0.3, -0.25) is 0 Å². The van der Waals surface area contributed by atoms with Gasteiger partial charge in [0.25, 0.3) is 0 Å². The van der Waals surface area contributed by atoms with Crippen molar-refractivity contribution in [3.63, 3.8) is 0 Å². The van der Waals surface area contributed by atoms with E-state index >= 15 is 0 Å². The SMILES string of the molecule is Oc1ccc(Cc2nc3cccc(Br)n3n2)cc1. The van der Waals surface area contributed by atoms with Crippen LogP contribution >= 0.6 is 15.9 Å². The van der Waals surface area contributed by atoms with Crippen molar-refractivity contribution in [2.75, 3.05) is 0 Å². The van der Waals surface area contributed by atoms with Gasteiger partial charge in [0.15, 0.2) is 11.5 Å². The van der Waals surface area contributed by atoms with Crippen molar-refractivity contribution < 1.29 is 5.11 Å². The number of phenolic OH excluding ortho intramolecular Hbond substituents is 1. The number of pyridine rings is 1. The van der Waals surface area contributed by atoms with Crippen LogP contribution < -0.4 is 0 Å². The fraction of sp³-hybridized carbons (Fsp3) is 0.0769. The maximum absolute atomic E-state index is 9.23. The summed E-state index contributed by atoms with van der Waals surface area (Å²) in [5.41, 5.74) is 1.89. The van der Waals surface area contributed by atoms with E-state index in [9.17, 15) is 5.11 Å². The topological polar surface area (TPSA) is 50.4 Å². The molecule has 0 aliphatic rings. The van der Waals surface area contributed by atoms with Crippen LogP contribution in [0, 0.1) is 0 Å². The van der Waals surface area contributed by atoms with Gasteiger partial charge in [-0.2, -0.15) is 0 Å². The van der Waals surface area contributed by atoms with Crippen LogP contribution in [-0.2, 0) is 6.42 Å². The molecule has 1 aromatic carbocycles. The Bertz CT molecular complexity index is 691. The molecule has 18 heavy (non-hydrogen) atoms. The second kappa shape index (κ2) is 4.42. The van der Waals surface area contributed by atoms with Crippen LogP contribution in [0.25, 0.3) is 5.65 Å². The summed E-state index contributed by atoms with van der Waals surface area (Å²) in [6, 6.07) is 12.8. The van der Waals surface area contributed by atoms with Crippen molar-refractivity contribution in [3.8, 4) is 5.75 Å². The summed E-state index contributed by atoms with van der Waals surface area (Å²) in [6.07, 6.45) is 0.647. The molecule has 5 heteroatoms. The zero-order valence-electron chi connectivity index (χ0n) is 9.42. The van der Waals surface area contributed by atoms with Gasteiger partial charge in [-0.15, -0.1) is 5.10 Å². The number of hydrogen-bond donors (Lipinski definition) is 1. The van der Waals surface area contributed by atoms with E-state index < -0.39 is 0 Å². The molecule has 0 unspecified atom stereocenters. The predicted octanol–water partition coefficient (Wildman–Crippen LogP) is 2.79. The highest BCUT2D eigenvalue weighted by Gasteiger charge is 2.06. The molecule has 0 radical (unpaired) electrons. The summed E-state index contributed by atoms with van der Waals surface area (Å²) in [4.78, 5) is 4.45. The van der Waals surface area contributed by atoms with Gasteiger partial charge in [-0.05, 0) is 45.8 Å². The molecule has 2 aromatic heterocycles. The fourth-order valence-corrected chi connectivity index (χ4v) is 2.20. The minimum absolute atomic E-state index is 0.268. The average Bonchev–Trinajstić information content (AvgIpc) is 2.76. The largest absolute Gasteiger partial charge is 0.508 e. The van der Waals surface area contributed by atoms with Crippen molar-refractivity contribution in [1.29, 1.82) is 0 Å². The van der Waals surface area contributed by atoms with Gasteiger partial charge >= 0.3 is 0 Å². The fourth-order valence-electron chi connectivity index (χ4n) is 1.79. The highest BCUT2D eigenvalue weighted by Crippen LogP contribution is 2.15. The van der Waals surface area contributed by atoms with Crippen LogP contribution in [0.1, 0.15) is 11.4 Å². The Balaban J connectivity index is 1.95. The zero-order valence-corrected chi connectivity index (χ0v) is 11.0. The molecule has 0 bridgehead atoms. The van der Waals surface area contributed by atoms with Gasteiger partial charge in [0, 0.05) is 6.42 Å². The minimum Gasteiger partial charge on any atom is -0.508 e. The number of aromatic nitrogens is 3. The number of aromatic hydroxyl groups is 1. The van der Waals surface area contributed by atoms with Crippen molar-refractivity contribution in [3.05, 3.63) is 58.5 Å². The van der Waals surface area contributed by atoms with Crippen LogP contribution in [0.2, 0.25) is 0 Å².